The third-order valence-corrected chi connectivity index (χ3v) is 5.36. The van der Waals surface area contributed by atoms with Gasteiger partial charge in [0.05, 0.1) is 34.3 Å². The average Bonchev–Trinajstić information content (AvgIpc) is 2.83. The summed E-state index contributed by atoms with van der Waals surface area (Å²) in [5, 5.41) is 15.0. The molecule has 3 N–H and O–H groups in total. The summed E-state index contributed by atoms with van der Waals surface area (Å²) in [6.45, 7) is 7.07. The van der Waals surface area contributed by atoms with E-state index in [4.69, 9.17) is 0 Å². The first-order chi connectivity index (χ1) is 11.8. The number of aliphatic hydroxyl groups is 1. The molecule has 6 nitrogen and oxygen atoms in total. The van der Waals surface area contributed by atoms with Crippen molar-refractivity contribution < 1.29 is 5.11 Å². The van der Waals surface area contributed by atoms with E-state index in [2.05, 4.69) is 41.0 Å². The number of aromatic nitrogens is 2. The van der Waals surface area contributed by atoms with Gasteiger partial charge < -0.3 is 15.4 Å². The van der Waals surface area contributed by atoms with E-state index < -0.39 is 6.23 Å². The number of aliphatic imine (C=N–C) groups is 1. The Morgan fingerprint density at radius 3 is 2.92 bits per heavy atom. The maximum absolute atomic E-state index is 11.5. The Kier molecular flexibility index (Phi) is 3.66. The molecule has 4 rings (SSSR count). The van der Waals surface area contributed by atoms with E-state index in [1.165, 1.54) is 17.5 Å². The van der Waals surface area contributed by atoms with Gasteiger partial charge in [-0.3, -0.25) is 9.79 Å². The minimum absolute atomic E-state index is 0.105. The van der Waals surface area contributed by atoms with Crippen LogP contribution in [0.25, 0.3) is 21.1 Å². The van der Waals surface area contributed by atoms with Gasteiger partial charge in [-0.2, -0.15) is 0 Å². The predicted octanol–water partition coefficient (Wildman–Crippen LogP) is 3.43. The second-order valence-electron chi connectivity index (χ2n) is 7.58. The first-order valence-electron chi connectivity index (χ1n) is 8.24. The lowest BCUT2D eigenvalue weighted by Gasteiger charge is -2.19. The molecule has 0 bridgehead atoms. The molecule has 1 unspecified atom stereocenters. The molecule has 25 heavy (non-hydrogen) atoms. The largest absolute Gasteiger partial charge is 0.378 e. The van der Waals surface area contributed by atoms with Gasteiger partial charge in [-0.15, -0.1) is 11.3 Å². The number of aromatic amines is 1. The molecule has 0 radical (unpaired) electrons. The number of nitrogens with one attached hydrogen (secondary N) is 2. The van der Waals surface area contributed by atoms with E-state index in [0.29, 0.717) is 12.1 Å². The molecule has 1 aromatic carbocycles. The fourth-order valence-electron chi connectivity index (χ4n) is 3.26. The third kappa shape index (κ3) is 2.94. The second kappa shape index (κ2) is 5.64. The predicted molar refractivity (Wildman–Crippen MR) is 103 cm³/mol. The van der Waals surface area contributed by atoms with Crippen molar-refractivity contribution in [2.75, 3.05) is 11.9 Å². The van der Waals surface area contributed by atoms with Crippen molar-refractivity contribution in [2.45, 2.75) is 33.4 Å². The van der Waals surface area contributed by atoms with Gasteiger partial charge in [-0.05, 0) is 24.0 Å². The zero-order valence-corrected chi connectivity index (χ0v) is 15.2. The number of thiophene rings is 1. The number of anilines is 1. The van der Waals surface area contributed by atoms with Crippen LogP contribution in [-0.2, 0) is 0 Å². The van der Waals surface area contributed by atoms with Crippen LogP contribution in [0.2, 0.25) is 0 Å². The Balaban J connectivity index is 1.87. The average molecular weight is 356 g/mol. The summed E-state index contributed by atoms with van der Waals surface area (Å²) >= 11 is 1.51. The van der Waals surface area contributed by atoms with Crippen LogP contribution in [0.1, 0.15) is 38.3 Å². The molecule has 0 fully saturated rings. The zero-order valence-electron chi connectivity index (χ0n) is 14.4. The number of fused-ring (bicyclic) bond motifs is 5. The molecule has 0 saturated carbocycles. The number of aliphatic hydroxyl groups excluding tert-OH is 1. The summed E-state index contributed by atoms with van der Waals surface area (Å²) < 4.78 is 1.01. The Hall–Kier alpha value is -2.25. The Bertz CT molecular complexity index is 1060. The highest BCUT2D eigenvalue weighted by Crippen LogP contribution is 2.43. The van der Waals surface area contributed by atoms with Crippen molar-refractivity contribution in [3.8, 4) is 0 Å². The highest BCUT2D eigenvalue weighted by atomic mass is 32.1. The fraction of sp³-hybridized carbons (Fsp3) is 0.389. The Morgan fingerprint density at radius 1 is 1.36 bits per heavy atom. The fourth-order valence-corrected chi connectivity index (χ4v) is 4.37. The number of hydrogen-bond acceptors (Lipinski definition) is 6. The normalized spacial score (nSPS) is 17.9. The summed E-state index contributed by atoms with van der Waals surface area (Å²) in [4.78, 5) is 24.0. The molecule has 7 heteroatoms. The van der Waals surface area contributed by atoms with E-state index in [1.807, 2.05) is 12.1 Å². The topological polar surface area (TPSA) is 90.4 Å². The maximum Gasteiger partial charge on any atom is 0.266 e. The minimum atomic E-state index is -0.877. The lowest BCUT2D eigenvalue weighted by Crippen LogP contribution is -2.20. The smallest absolute Gasteiger partial charge is 0.266 e. The molecule has 0 spiro atoms. The van der Waals surface area contributed by atoms with Gasteiger partial charge in [0, 0.05) is 15.8 Å². The van der Waals surface area contributed by atoms with Crippen LogP contribution in [0.15, 0.2) is 28.1 Å². The summed E-state index contributed by atoms with van der Waals surface area (Å²) in [6.07, 6.45) is 1.23. The van der Waals surface area contributed by atoms with Gasteiger partial charge in [-0.1, -0.05) is 20.8 Å². The molecule has 1 aliphatic heterocycles. The Morgan fingerprint density at radius 2 is 2.16 bits per heavy atom. The van der Waals surface area contributed by atoms with E-state index in [-0.39, 0.29) is 11.0 Å². The van der Waals surface area contributed by atoms with Crippen LogP contribution in [-0.4, -0.2) is 27.3 Å². The maximum atomic E-state index is 11.5. The minimum Gasteiger partial charge on any atom is -0.378 e. The summed E-state index contributed by atoms with van der Waals surface area (Å²) in [7, 11) is 0. The van der Waals surface area contributed by atoms with Gasteiger partial charge in [-0.25, -0.2) is 4.98 Å². The van der Waals surface area contributed by atoms with Crippen LogP contribution >= 0.6 is 11.3 Å². The van der Waals surface area contributed by atoms with Crippen LogP contribution < -0.4 is 10.9 Å². The van der Waals surface area contributed by atoms with Crippen molar-refractivity contribution >= 4 is 43.9 Å². The molecule has 1 aliphatic rings. The van der Waals surface area contributed by atoms with Gasteiger partial charge in [0.2, 0.25) is 0 Å². The van der Waals surface area contributed by atoms with Crippen molar-refractivity contribution in [3.05, 3.63) is 33.6 Å². The number of nitrogens with zero attached hydrogens (tertiary/aromatic N) is 2. The van der Waals surface area contributed by atoms with E-state index in [1.54, 1.807) is 0 Å². The lowest BCUT2D eigenvalue weighted by molar-refractivity contribution is 0.193. The molecule has 0 saturated heterocycles. The van der Waals surface area contributed by atoms with Crippen molar-refractivity contribution in [2.24, 2.45) is 10.4 Å². The third-order valence-electron chi connectivity index (χ3n) is 4.17. The Labute approximate surface area is 148 Å². The highest BCUT2D eigenvalue weighted by molar-refractivity contribution is 7.20. The van der Waals surface area contributed by atoms with Gasteiger partial charge in [0.1, 0.15) is 0 Å². The van der Waals surface area contributed by atoms with Crippen molar-refractivity contribution in [3.63, 3.8) is 0 Å². The molecule has 130 valence electrons. The van der Waals surface area contributed by atoms with Crippen LogP contribution in [0.3, 0.4) is 0 Å². The molecular weight excluding hydrogens is 336 g/mol. The second-order valence-corrected chi connectivity index (χ2v) is 8.67. The SMILES string of the molecule is CC(C)(C)CC1=NC(O)c2sc3ccc4[nH]c(=O)cnc4c3c2NC1. The van der Waals surface area contributed by atoms with Crippen molar-refractivity contribution in [1.82, 2.24) is 9.97 Å². The molecule has 3 heterocycles. The molecule has 2 aromatic heterocycles. The van der Waals surface area contributed by atoms with E-state index in [9.17, 15) is 9.90 Å². The van der Waals surface area contributed by atoms with Crippen molar-refractivity contribution in [1.29, 1.82) is 0 Å². The number of rotatable bonds is 1. The van der Waals surface area contributed by atoms with Gasteiger partial charge in [0.15, 0.2) is 6.23 Å². The molecule has 0 amide bonds. The van der Waals surface area contributed by atoms with E-state index in [0.717, 1.165) is 38.3 Å². The summed E-state index contributed by atoms with van der Waals surface area (Å²) in [5.74, 6) is 0. The summed E-state index contributed by atoms with van der Waals surface area (Å²) in [5.41, 5.74) is 3.12. The van der Waals surface area contributed by atoms with Crippen LogP contribution in [0, 0.1) is 5.41 Å². The number of H-pyrrole nitrogens is 1. The van der Waals surface area contributed by atoms with Crippen LogP contribution in [0.5, 0.6) is 0 Å². The molecule has 0 aliphatic carbocycles. The summed E-state index contributed by atoms with van der Waals surface area (Å²) in [6, 6.07) is 3.80. The number of hydrogen-bond donors (Lipinski definition) is 3. The molecular formula is C18H20N4O2S. The first-order valence-corrected chi connectivity index (χ1v) is 9.05. The quantitative estimate of drug-likeness (QED) is 0.623. The van der Waals surface area contributed by atoms with Gasteiger partial charge >= 0.3 is 0 Å². The molecule has 3 aromatic rings. The first kappa shape index (κ1) is 16.2. The van der Waals surface area contributed by atoms with Gasteiger partial charge in [0.25, 0.3) is 5.56 Å². The van der Waals surface area contributed by atoms with E-state index >= 15 is 0 Å². The monoisotopic (exact) mass is 356 g/mol. The lowest BCUT2D eigenvalue weighted by atomic mass is 9.89. The highest BCUT2D eigenvalue weighted by Gasteiger charge is 2.25. The molecule has 1 atom stereocenters. The van der Waals surface area contributed by atoms with Crippen LogP contribution in [0.4, 0.5) is 5.69 Å². The zero-order chi connectivity index (χ0) is 17.8. The standard InChI is InChI=1S/C18H20N4O2S/c1-18(2,3)6-9-7-19-15-13-11(25-16(15)17(24)21-9)5-4-10-14(13)20-8-12(23)22-10/h4-5,8,17,19,24H,6-7H2,1-3H3,(H,22,23). The number of benzene rings is 1.